The van der Waals surface area contributed by atoms with Crippen molar-refractivity contribution >= 4 is 40.5 Å². The molecule has 0 aliphatic carbocycles. The average Bonchev–Trinajstić information content (AvgIpc) is 3.02. The Morgan fingerprint density at radius 3 is 2.59 bits per heavy atom. The molecule has 0 spiro atoms. The van der Waals surface area contributed by atoms with Crippen molar-refractivity contribution < 1.29 is 14.0 Å². The monoisotopic (exact) mass is 409 g/mol. The van der Waals surface area contributed by atoms with E-state index < -0.39 is 11.1 Å². The maximum atomic E-state index is 13.4. The Balaban J connectivity index is 1.92. The Kier molecular flexibility index (Phi) is 6.61. The lowest BCUT2D eigenvalue weighted by atomic mass is 10.2. The van der Waals surface area contributed by atoms with Crippen molar-refractivity contribution in [2.24, 2.45) is 4.99 Å². The fourth-order valence-electron chi connectivity index (χ4n) is 2.63. The van der Waals surface area contributed by atoms with Gasteiger partial charge in [0.15, 0.2) is 5.17 Å². The van der Waals surface area contributed by atoms with Gasteiger partial charge in [-0.3, -0.25) is 14.5 Å². The van der Waals surface area contributed by atoms with Crippen LogP contribution in [0.5, 0.6) is 0 Å². The van der Waals surface area contributed by atoms with Crippen LogP contribution < -0.4 is 10.2 Å². The van der Waals surface area contributed by atoms with E-state index in [9.17, 15) is 14.0 Å². The van der Waals surface area contributed by atoms with Gasteiger partial charge >= 0.3 is 0 Å². The highest BCUT2D eigenvalue weighted by Crippen LogP contribution is 2.31. The maximum Gasteiger partial charge on any atom is 0.283 e. The molecule has 2 amide bonds. The number of halogens is 1. The van der Waals surface area contributed by atoms with Crippen molar-refractivity contribution in [1.29, 1.82) is 0 Å². The van der Waals surface area contributed by atoms with Crippen LogP contribution >= 0.6 is 11.8 Å². The summed E-state index contributed by atoms with van der Waals surface area (Å²) in [5.41, 5.74) is 1.57. The Labute approximate surface area is 173 Å². The summed E-state index contributed by atoms with van der Waals surface area (Å²) >= 11 is 1.17. The SMILES string of the molecule is C=CCNC(=O)C(C)SC1=N/C(=C\c2ccccc2)C(=O)N1c1ccc(F)cc1. The van der Waals surface area contributed by atoms with Gasteiger partial charge in [0.1, 0.15) is 11.5 Å². The number of hydrogen-bond acceptors (Lipinski definition) is 4. The summed E-state index contributed by atoms with van der Waals surface area (Å²) in [6.07, 6.45) is 3.28. The molecule has 2 aromatic carbocycles. The number of benzene rings is 2. The minimum absolute atomic E-state index is 0.190. The van der Waals surface area contributed by atoms with Crippen LogP contribution in [0.15, 0.2) is 77.9 Å². The first-order valence-corrected chi connectivity index (χ1v) is 9.88. The zero-order chi connectivity index (χ0) is 20.8. The minimum Gasteiger partial charge on any atom is -0.352 e. The van der Waals surface area contributed by atoms with Crippen molar-refractivity contribution in [3.63, 3.8) is 0 Å². The molecular formula is C22H20FN3O2S. The molecule has 1 atom stereocenters. The van der Waals surface area contributed by atoms with Crippen molar-refractivity contribution in [3.05, 3.63) is 84.3 Å². The highest BCUT2D eigenvalue weighted by molar-refractivity contribution is 8.15. The Bertz CT molecular complexity index is 971. The number of nitrogens with one attached hydrogen (secondary N) is 1. The summed E-state index contributed by atoms with van der Waals surface area (Å²) in [5.74, 6) is -0.921. The largest absolute Gasteiger partial charge is 0.352 e. The average molecular weight is 409 g/mol. The zero-order valence-corrected chi connectivity index (χ0v) is 16.7. The van der Waals surface area contributed by atoms with E-state index in [1.807, 2.05) is 30.3 Å². The normalized spacial score (nSPS) is 15.9. The van der Waals surface area contributed by atoms with E-state index in [1.54, 1.807) is 19.1 Å². The summed E-state index contributed by atoms with van der Waals surface area (Å²) < 4.78 is 13.4. The second-order valence-electron chi connectivity index (χ2n) is 6.25. The van der Waals surface area contributed by atoms with Gasteiger partial charge in [-0.2, -0.15) is 0 Å². The van der Waals surface area contributed by atoms with Crippen LogP contribution in [0.2, 0.25) is 0 Å². The summed E-state index contributed by atoms with van der Waals surface area (Å²) in [6.45, 7) is 5.67. The molecule has 0 radical (unpaired) electrons. The number of thioether (sulfide) groups is 1. The fraction of sp³-hybridized carbons (Fsp3) is 0.136. The van der Waals surface area contributed by atoms with Gasteiger partial charge in [-0.05, 0) is 42.8 Å². The molecule has 1 aliphatic heterocycles. The summed E-state index contributed by atoms with van der Waals surface area (Å²) in [5, 5.41) is 2.61. The van der Waals surface area contributed by atoms with E-state index >= 15 is 0 Å². The highest BCUT2D eigenvalue weighted by Gasteiger charge is 2.34. The molecule has 7 heteroatoms. The van der Waals surface area contributed by atoms with Gasteiger partial charge in [-0.25, -0.2) is 9.38 Å². The standard InChI is InChI=1S/C22H20FN3O2S/c1-3-13-24-20(27)15(2)29-22-25-19(14-16-7-5-4-6-8-16)21(28)26(22)18-11-9-17(23)10-12-18/h3-12,14-15H,1,13H2,2H3,(H,24,27)/b19-14-. The third kappa shape index (κ3) is 5.00. The number of carbonyl (C=O) groups excluding carboxylic acids is 2. The summed E-state index contributed by atoms with van der Waals surface area (Å²) in [4.78, 5) is 31.1. The molecule has 148 valence electrons. The van der Waals surface area contributed by atoms with Crippen LogP contribution in [0, 0.1) is 5.82 Å². The van der Waals surface area contributed by atoms with Gasteiger partial charge in [0.25, 0.3) is 5.91 Å². The number of amidine groups is 1. The van der Waals surface area contributed by atoms with Crippen LogP contribution in [-0.2, 0) is 9.59 Å². The van der Waals surface area contributed by atoms with Gasteiger partial charge in [0.05, 0.1) is 10.9 Å². The van der Waals surface area contributed by atoms with Gasteiger partial charge in [0, 0.05) is 6.54 Å². The first-order chi connectivity index (χ1) is 14.0. The molecule has 29 heavy (non-hydrogen) atoms. The molecule has 0 saturated carbocycles. The number of amides is 2. The second-order valence-corrected chi connectivity index (χ2v) is 7.55. The first-order valence-electron chi connectivity index (χ1n) is 9.00. The molecular weight excluding hydrogens is 389 g/mol. The minimum atomic E-state index is -0.486. The van der Waals surface area contributed by atoms with Crippen molar-refractivity contribution in [2.45, 2.75) is 12.2 Å². The Morgan fingerprint density at radius 2 is 1.93 bits per heavy atom. The molecule has 0 bridgehead atoms. The Morgan fingerprint density at radius 1 is 1.24 bits per heavy atom. The Hall–Kier alpha value is -3.19. The molecule has 2 aromatic rings. The van der Waals surface area contributed by atoms with Crippen LogP contribution in [0.25, 0.3) is 6.08 Å². The maximum absolute atomic E-state index is 13.4. The number of nitrogens with zero attached hydrogens (tertiary/aromatic N) is 2. The van der Waals surface area contributed by atoms with Crippen LogP contribution in [0.4, 0.5) is 10.1 Å². The lowest BCUT2D eigenvalue weighted by Gasteiger charge is -2.19. The zero-order valence-electron chi connectivity index (χ0n) is 15.8. The molecule has 0 saturated heterocycles. The van der Waals surface area contributed by atoms with Gasteiger partial charge in [-0.15, -0.1) is 6.58 Å². The fourth-order valence-corrected chi connectivity index (χ4v) is 3.58. The van der Waals surface area contributed by atoms with E-state index in [-0.39, 0.29) is 17.5 Å². The van der Waals surface area contributed by atoms with Gasteiger partial charge in [0.2, 0.25) is 5.91 Å². The van der Waals surface area contributed by atoms with Crippen molar-refractivity contribution in [3.8, 4) is 0 Å². The lowest BCUT2D eigenvalue weighted by molar-refractivity contribution is -0.120. The summed E-state index contributed by atoms with van der Waals surface area (Å²) in [7, 11) is 0. The van der Waals surface area contributed by atoms with E-state index in [2.05, 4.69) is 16.9 Å². The predicted octanol–water partition coefficient (Wildman–Crippen LogP) is 3.99. The van der Waals surface area contributed by atoms with E-state index in [4.69, 9.17) is 0 Å². The van der Waals surface area contributed by atoms with Crippen LogP contribution in [0.1, 0.15) is 12.5 Å². The third-order valence-electron chi connectivity index (χ3n) is 4.09. The molecule has 1 unspecified atom stereocenters. The number of anilines is 1. The molecule has 1 heterocycles. The highest BCUT2D eigenvalue weighted by atomic mass is 32.2. The smallest absolute Gasteiger partial charge is 0.283 e. The number of hydrogen-bond donors (Lipinski definition) is 1. The molecule has 0 fully saturated rings. The van der Waals surface area contributed by atoms with Gasteiger partial charge in [-0.1, -0.05) is 48.2 Å². The van der Waals surface area contributed by atoms with E-state index in [1.165, 1.54) is 40.9 Å². The van der Waals surface area contributed by atoms with Crippen molar-refractivity contribution in [2.75, 3.05) is 11.4 Å². The second kappa shape index (κ2) is 9.34. The molecule has 1 N–H and O–H groups in total. The predicted molar refractivity (Wildman–Crippen MR) is 116 cm³/mol. The lowest BCUT2D eigenvalue weighted by Crippen LogP contribution is -2.35. The molecule has 5 nitrogen and oxygen atoms in total. The van der Waals surface area contributed by atoms with Crippen LogP contribution in [0.3, 0.4) is 0 Å². The van der Waals surface area contributed by atoms with Crippen LogP contribution in [-0.4, -0.2) is 28.8 Å². The number of rotatable bonds is 6. The first kappa shape index (κ1) is 20.5. The summed E-state index contributed by atoms with van der Waals surface area (Å²) in [6, 6.07) is 15.0. The van der Waals surface area contributed by atoms with E-state index in [0.717, 1.165) is 5.56 Å². The third-order valence-corrected chi connectivity index (χ3v) is 5.14. The van der Waals surface area contributed by atoms with E-state index in [0.29, 0.717) is 17.4 Å². The topological polar surface area (TPSA) is 61.8 Å². The van der Waals surface area contributed by atoms with Gasteiger partial charge < -0.3 is 5.32 Å². The molecule has 0 aromatic heterocycles. The van der Waals surface area contributed by atoms with Crippen molar-refractivity contribution in [1.82, 2.24) is 5.32 Å². The number of aliphatic imine (C=N–C) groups is 1. The number of carbonyl (C=O) groups is 2. The molecule has 3 rings (SSSR count). The molecule has 1 aliphatic rings. The quantitative estimate of drug-likeness (QED) is 0.580.